The fourth-order valence-corrected chi connectivity index (χ4v) is 3.43. The van der Waals surface area contributed by atoms with Crippen molar-refractivity contribution in [2.24, 2.45) is 0 Å². The lowest BCUT2D eigenvalue weighted by atomic mass is 10.2. The van der Waals surface area contributed by atoms with E-state index in [0.717, 1.165) is 16.7 Å². The lowest BCUT2D eigenvalue weighted by molar-refractivity contribution is -0.139. The second kappa shape index (κ2) is 9.49. The molecule has 0 aromatic heterocycles. The Morgan fingerprint density at radius 3 is 2.31 bits per heavy atom. The van der Waals surface area contributed by atoms with Crippen LogP contribution in [0.4, 0.5) is 4.79 Å². The molecule has 7 nitrogen and oxygen atoms in total. The van der Waals surface area contributed by atoms with Crippen LogP contribution in [0, 0.1) is 0 Å². The zero-order valence-corrected chi connectivity index (χ0v) is 16.6. The second-order valence-electron chi connectivity index (χ2n) is 5.89. The lowest BCUT2D eigenvalue weighted by Crippen LogP contribution is -2.32. The Balaban J connectivity index is 1.57. The molecule has 1 aliphatic heterocycles. The predicted molar refractivity (Wildman–Crippen MR) is 109 cm³/mol. The number of carbonyl (C=O) groups is 3. The molecule has 150 valence electrons. The van der Waals surface area contributed by atoms with Gasteiger partial charge in [0, 0.05) is 5.02 Å². The maximum atomic E-state index is 12.5. The van der Waals surface area contributed by atoms with Gasteiger partial charge in [0.15, 0.2) is 6.61 Å². The van der Waals surface area contributed by atoms with Crippen LogP contribution in [0.15, 0.2) is 53.4 Å². The fourth-order valence-electron chi connectivity index (χ4n) is 2.44. The van der Waals surface area contributed by atoms with Crippen LogP contribution in [0.2, 0.25) is 5.02 Å². The number of carbonyl (C=O) groups excluding carboxylic acids is 2. The third-order valence-electron chi connectivity index (χ3n) is 3.81. The minimum Gasteiger partial charge on any atom is -0.492 e. The minimum atomic E-state index is -1.07. The van der Waals surface area contributed by atoms with Crippen molar-refractivity contribution < 1.29 is 29.0 Å². The van der Waals surface area contributed by atoms with Crippen molar-refractivity contribution in [2.75, 3.05) is 19.8 Å². The molecule has 1 fully saturated rings. The van der Waals surface area contributed by atoms with Crippen LogP contribution in [0.5, 0.6) is 11.5 Å². The average molecular weight is 434 g/mol. The summed E-state index contributed by atoms with van der Waals surface area (Å²) in [5.74, 6) is -0.451. The van der Waals surface area contributed by atoms with E-state index in [-0.39, 0.29) is 24.3 Å². The highest BCUT2D eigenvalue weighted by atomic mass is 35.5. The molecule has 0 saturated carbocycles. The smallest absolute Gasteiger partial charge is 0.341 e. The first kappa shape index (κ1) is 20.8. The van der Waals surface area contributed by atoms with Gasteiger partial charge in [-0.2, -0.15) is 0 Å². The van der Waals surface area contributed by atoms with Crippen molar-refractivity contribution in [1.82, 2.24) is 4.90 Å². The first-order valence-electron chi connectivity index (χ1n) is 8.51. The summed E-state index contributed by atoms with van der Waals surface area (Å²) >= 11 is 6.67. The molecule has 1 heterocycles. The monoisotopic (exact) mass is 433 g/mol. The summed E-state index contributed by atoms with van der Waals surface area (Å²) in [5.41, 5.74) is 0.690. The Labute approximate surface area is 175 Å². The van der Waals surface area contributed by atoms with E-state index in [0.29, 0.717) is 27.0 Å². The van der Waals surface area contributed by atoms with E-state index in [1.54, 1.807) is 54.6 Å². The number of halogens is 1. The number of thioether (sulfide) groups is 1. The highest BCUT2D eigenvalue weighted by Crippen LogP contribution is 2.32. The molecule has 0 aliphatic carbocycles. The van der Waals surface area contributed by atoms with Gasteiger partial charge >= 0.3 is 5.97 Å². The van der Waals surface area contributed by atoms with Crippen LogP contribution in [0.3, 0.4) is 0 Å². The summed E-state index contributed by atoms with van der Waals surface area (Å²) in [6, 6.07) is 13.3. The highest BCUT2D eigenvalue weighted by molar-refractivity contribution is 8.18. The van der Waals surface area contributed by atoms with E-state index in [4.69, 9.17) is 26.2 Å². The van der Waals surface area contributed by atoms with Gasteiger partial charge in [-0.05, 0) is 59.8 Å². The normalized spacial score (nSPS) is 15.1. The van der Waals surface area contributed by atoms with Crippen molar-refractivity contribution in [3.05, 3.63) is 64.0 Å². The zero-order valence-electron chi connectivity index (χ0n) is 15.0. The molecule has 2 aromatic carbocycles. The van der Waals surface area contributed by atoms with Crippen LogP contribution < -0.4 is 9.47 Å². The van der Waals surface area contributed by atoms with Crippen LogP contribution in [-0.2, 0) is 9.59 Å². The number of rotatable bonds is 8. The van der Waals surface area contributed by atoms with E-state index < -0.39 is 12.6 Å². The van der Waals surface area contributed by atoms with Gasteiger partial charge < -0.3 is 14.6 Å². The standard InChI is InChI=1S/C20H16ClNO6S/c21-14-3-7-15(8-4-14)27-10-9-22-19(25)17(29-20(22)26)11-13-1-5-16(6-2-13)28-12-18(23)24/h1-8,11H,9-10,12H2,(H,23,24)/b17-11-. The van der Waals surface area contributed by atoms with Crippen molar-refractivity contribution in [2.45, 2.75) is 0 Å². The Morgan fingerprint density at radius 1 is 1.03 bits per heavy atom. The van der Waals surface area contributed by atoms with Gasteiger partial charge in [-0.3, -0.25) is 14.5 Å². The van der Waals surface area contributed by atoms with Gasteiger partial charge in [-0.25, -0.2) is 4.79 Å². The molecule has 0 radical (unpaired) electrons. The predicted octanol–water partition coefficient (Wildman–Crippen LogP) is 3.92. The summed E-state index contributed by atoms with van der Waals surface area (Å²) in [7, 11) is 0. The summed E-state index contributed by atoms with van der Waals surface area (Å²) < 4.78 is 10.6. The van der Waals surface area contributed by atoms with E-state index in [1.807, 2.05) is 0 Å². The SMILES string of the molecule is O=C(O)COc1ccc(/C=C2\SC(=O)N(CCOc3ccc(Cl)cc3)C2=O)cc1. The lowest BCUT2D eigenvalue weighted by Gasteiger charge is -2.13. The summed E-state index contributed by atoms with van der Waals surface area (Å²) in [5, 5.41) is 8.84. The molecule has 1 N–H and O–H groups in total. The van der Waals surface area contributed by atoms with Gasteiger partial charge in [-0.15, -0.1) is 0 Å². The van der Waals surface area contributed by atoms with Crippen molar-refractivity contribution in [1.29, 1.82) is 0 Å². The number of carboxylic acids is 1. The largest absolute Gasteiger partial charge is 0.492 e. The number of benzene rings is 2. The molecule has 0 spiro atoms. The number of hydrogen-bond donors (Lipinski definition) is 1. The fraction of sp³-hybridized carbons (Fsp3) is 0.150. The number of amides is 2. The molecular formula is C20H16ClNO6S. The van der Waals surface area contributed by atoms with Crippen molar-refractivity contribution in [3.63, 3.8) is 0 Å². The van der Waals surface area contributed by atoms with Crippen molar-refractivity contribution >= 4 is 46.6 Å². The number of imide groups is 1. The number of hydrogen-bond acceptors (Lipinski definition) is 6. The quantitative estimate of drug-likeness (QED) is 0.630. The Hall–Kier alpha value is -2.97. The van der Waals surface area contributed by atoms with E-state index in [1.165, 1.54) is 0 Å². The maximum Gasteiger partial charge on any atom is 0.341 e. The minimum absolute atomic E-state index is 0.132. The van der Waals surface area contributed by atoms with Gasteiger partial charge in [0.05, 0.1) is 11.4 Å². The second-order valence-corrected chi connectivity index (χ2v) is 7.32. The number of ether oxygens (including phenoxy) is 2. The average Bonchev–Trinajstić information content (AvgIpc) is 2.96. The zero-order chi connectivity index (χ0) is 20.8. The molecule has 0 unspecified atom stereocenters. The Kier molecular flexibility index (Phi) is 6.79. The van der Waals surface area contributed by atoms with Gasteiger partial charge in [-0.1, -0.05) is 23.7 Å². The van der Waals surface area contributed by atoms with Crippen LogP contribution in [0.1, 0.15) is 5.56 Å². The molecule has 2 aromatic rings. The molecule has 29 heavy (non-hydrogen) atoms. The number of carboxylic acid groups (broad SMARTS) is 1. The van der Waals surface area contributed by atoms with Gasteiger partial charge in [0.1, 0.15) is 18.1 Å². The number of nitrogens with zero attached hydrogens (tertiary/aromatic N) is 1. The van der Waals surface area contributed by atoms with E-state index >= 15 is 0 Å². The molecular weight excluding hydrogens is 418 g/mol. The third-order valence-corrected chi connectivity index (χ3v) is 4.97. The molecule has 1 aliphatic rings. The Morgan fingerprint density at radius 2 is 1.66 bits per heavy atom. The van der Waals surface area contributed by atoms with Gasteiger partial charge in [0.2, 0.25) is 0 Å². The molecule has 0 atom stereocenters. The number of aliphatic carboxylic acids is 1. The molecule has 2 amide bonds. The first-order chi connectivity index (χ1) is 13.9. The van der Waals surface area contributed by atoms with Gasteiger partial charge in [0.25, 0.3) is 11.1 Å². The molecule has 9 heteroatoms. The molecule has 0 bridgehead atoms. The Bertz CT molecular complexity index is 942. The topological polar surface area (TPSA) is 93.1 Å². The summed E-state index contributed by atoms with van der Waals surface area (Å²) in [4.78, 5) is 36.6. The first-order valence-corrected chi connectivity index (χ1v) is 9.70. The summed E-state index contributed by atoms with van der Waals surface area (Å²) in [6.07, 6.45) is 1.60. The van der Waals surface area contributed by atoms with Crippen LogP contribution >= 0.6 is 23.4 Å². The van der Waals surface area contributed by atoms with E-state index in [2.05, 4.69) is 0 Å². The van der Waals surface area contributed by atoms with E-state index in [9.17, 15) is 14.4 Å². The molecule has 3 rings (SSSR count). The van der Waals surface area contributed by atoms with Crippen LogP contribution in [0.25, 0.3) is 6.08 Å². The van der Waals surface area contributed by atoms with Crippen LogP contribution in [-0.4, -0.2) is 46.9 Å². The third kappa shape index (κ3) is 5.75. The summed E-state index contributed by atoms with van der Waals surface area (Å²) in [6.45, 7) is -0.133. The highest BCUT2D eigenvalue weighted by Gasteiger charge is 2.34. The van der Waals surface area contributed by atoms with Crippen molar-refractivity contribution in [3.8, 4) is 11.5 Å². The molecule has 1 saturated heterocycles. The maximum absolute atomic E-state index is 12.5.